The van der Waals surface area contributed by atoms with Gasteiger partial charge in [0.25, 0.3) is 0 Å². The minimum absolute atomic E-state index is 0.296. The smallest absolute Gasteiger partial charge is 0.160 e. The number of aliphatic hydroxyl groups is 1. The Morgan fingerprint density at radius 1 is 0.864 bits per heavy atom. The van der Waals surface area contributed by atoms with Gasteiger partial charge in [-0.15, -0.1) is 0 Å². The maximum atomic E-state index is 10.0. The standard InChI is InChI=1S/C20H32OS/c1-19-11-4-3-5-13(19)6-7-14-15-8-9-17(18(21)22)20(15,2)12-10-16(14)19/h13-17H,3-12H2,1-2H3,(H,21,22)/t13?,14-,15-,16+,17?,19-,20-/m0/s1. The summed E-state index contributed by atoms with van der Waals surface area (Å²) in [5.74, 6) is 3.99. The molecule has 2 heteroatoms. The molecule has 0 radical (unpaired) electrons. The second kappa shape index (κ2) is 5.19. The molecule has 2 unspecified atom stereocenters. The Labute approximate surface area is 141 Å². The van der Waals surface area contributed by atoms with Crippen LogP contribution in [0.3, 0.4) is 0 Å². The molecule has 4 fully saturated rings. The monoisotopic (exact) mass is 320 g/mol. The van der Waals surface area contributed by atoms with Crippen molar-refractivity contribution in [1.29, 1.82) is 0 Å². The molecule has 0 saturated heterocycles. The third-order valence-corrected chi connectivity index (χ3v) is 9.17. The van der Waals surface area contributed by atoms with Gasteiger partial charge in [-0.3, -0.25) is 0 Å². The first-order valence-electron chi connectivity index (χ1n) is 9.69. The molecule has 0 aromatic rings. The zero-order valence-electron chi connectivity index (χ0n) is 14.3. The molecule has 4 rings (SSSR count). The van der Waals surface area contributed by atoms with E-state index in [4.69, 9.17) is 12.2 Å². The van der Waals surface area contributed by atoms with Crippen molar-refractivity contribution in [2.24, 2.45) is 40.4 Å². The molecule has 22 heavy (non-hydrogen) atoms. The zero-order chi connectivity index (χ0) is 15.5. The van der Waals surface area contributed by atoms with Crippen LogP contribution >= 0.6 is 12.2 Å². The second-order valence-electron chi connectivity index (χ2n) is 9.42. The second-order valence-corrected chi connectivity index (χ2v) is 9.83. The highest BCUT2D eigenvalue weighted by atomic mass is 32.1. The first-order chi connectivity index (χ1) is 10.5. The average molecular weight is 321 g/mol. The van der Waals surface area contributed by atoms with Crippen LogP contribution in [0.2, 0.25) is 0 Å². The van der Waals surface area contributed by atoms with Crippen LogP contribution in [0.25, 0.3) is 0 Å². The molecule has 4 aliphatic carbocycles. The van der Waals surface area contributed by atoms with Crippen molar-refractivity contribution in [2.45, 2.75) is 78.1 Å². The van der Waals surface area contributed by atoms with E-state index in [0.29, 0.717) is 21.8 Å². The van der Waals surface area contributed by atoms with Gasteiger partial charge in [0.1, 0.15) is 0 Å². The van der Waals surface area contributed by atoms with E-state index >= 15 is 0 Å². The molecule has 1 N–H and O–H groups in total. The van der Waals surface area contributed by atoms with Crippen LogP contribution in [-0.2, 0) is 0 Å². The lowest BCUT2D eigenvalue weighted by Gasteiger charge is -2.60. The Morgan fingerprint density at radius 2 is 1.64 bits per heavy atom. The topological polar surface area (TPSA) is 20.2 Å². The molecule has 124 valence electrons. The normalized spacial score (nSPS) is 54.2. The maximum Gasteiger partial charge on any atom is 0.160 e. The summed E-state index contributed by atoms with van der Waals surface area (Å²) >= 11 is 5.21. The van der Waals surface area contributed by atoms with Crippen molar-refractivity contribution in [3.8, 4) is 0 Å². The fourth-order valence-corrected chi connectivity index (χ4v) is 8.09. The molecule has 0 bridgehead atoms. The first kappa shape index (κ1) is 15.4. The zero-order valence-corrected chi connectivity index (χ0v) is 15.1. The minimum Gasteiger partial charge on any atom is -0.502 e. The Morgan fingerprint density at radius 3 is 2.41 bits per heavy atom. The van der Waals surface area contributed by atoms with E-state index in [1.807, 2.05) is 0 Å². The van der Waals surface area contributed by atoms with E-state index in [1.165, 1.54) is 57.8 Å². The fraction of sp³-hybridized carbons (Fsp3) is 0.950. The van der Waals surface area contributed by atoms with Crippen LogP contribution in [-0.4, -0.2) is 10.2 Å². The Balaban J connectivity index is 1.63. The average Bonchev–Trinajstić information content (AvgIpc) is 2.84. The Kier molecular flexibility index (Phi) is 3.64. The van der Waals surface area contributed by atoms with E-state index in [9.17, 15) is 5.11 Å². The molecular weight excluding hydrogens is 288 g/mol. The third-order valence-electron chi connectivity index (χ3n) is 8.88. The summed E-state index contributed by atoms with van der Waals surface area (Å²) in [6.45, 7) is 5.09. The largest absolute Gasteiger partial charge is 0.502 e. The van der Waals surface area contributed by atoms with Gasteiger partial charge >= 0.3 is 0 Å². The van der Waals surface area contributed by atoms with E-state index < -0.39 is 0 Å². The van der Waals surface area contributed by atoms with Gasteiger partial charge in [-0.05, 0) is 98.1 Å². The summed E-state index contributed by atoms with van der Waals surface area (Å²) in [5, 5.41) is 10.3. The van der Waals surface area contributed by atoms with Crippen LogP contribution in [0.4, 0.5) is 0 Å². The van der Waals surface area contributed by atoms with Gasteiger partial charge in [0.2, 0.25) is 0 Å². The maximum absolute atomic E-state index is 10.0. The summed E-state index contributed by atoms with van der Waals surface area (Å²) in [4.78, 5) is 0. The summed E-state index contributed by atoms with van der Waals surface area (Å²) in [5.41, 5.74) is 0.922. The lowest BCUT2D eigenvalue weighted by atomic mass is 9.45. The van der Waals surface area contributed by atoms with Gasteiger partial charge in [-0.2, -0.15) is 0 Å². The third kappa shape index (κ3) is 1.98. The highest BCUT2D eigenvalue weighted by Crippen LogP contribution is 2.67. The van der Waals surface area contributed by atoms with Crippen molar-refractivity contribution in [3.05, 3.63) is 0 Å². The highest BCUT2D eigenvalue weighted by Gasteiger charge is 2.60. The fourth-order valence-electron chi connectivity index (χ4n) is 7.70. The van der Waals surface area contributed by atoms with Crippen molar-refractivity contribution in [2.75, 3.05) is 0 Å². The summed E-state index contributed by atoms with van der Waals surface area (Å²) in [6.07, 6.45) is 14.0. The molecule has 0 spiro atoms. The van der Waals surface area contributed by atoms with E-state index in [2.05, 4.69) is 13.8 Å². The molecule has 1 nitrogen and oxygen atoms in total. The molecule has 0 amide bonds. The van der Waals surface area contributed by atoms with Crippen LogP contribution in [0, 0.1) is 40.4 Å². The predicted molar refractivity (Wildman–Crippen MR) is 95.1 cm³/mol. The van der Waals surface area contributed by atoms with E-state index in [-0.39, 0.29) is 0 Å². The molecule has 4 saturated carbocycles. The van der Waals surface area contributed by atoms with Crippen molar-refractivity contribution in [3.63, 3.8) is 0 Å². The quantitative estimate of drug-likeness (QED) is 0.605. The molecule has 0 aliphatic heterocycles. The molecular formula is C20H32OS. The van der Waals surface area contributed by atoms with E-state index in [1.54, 1.807) is 0 Å². The SMILES string of the molecule is C[C@]12CCCCC1CC[C@@H]1[C@H]2CC[C@]2(C)C(C(O)=S)CC[C@@H]12. The van der Waals surface area contributed by atoms with Crippen molar-refractivity contribution < 1.29 is 5.11 Å². The number of hydrogen-bond acceptors (Lipinski definition) is 1. The van der Waals surface area contributed by atoms with Gasteiger partial charge in [0.05, 0.1) is 0 Å². The summed E-state index contributed by atoms with van der Waals surface area (Å²) in [7, 11) is 0. The molecule has 0 aromatic heterocycles. The van der Waals surface area contributed by atoms with Crippen molar-refractivity contribution in [1.82, 2.24) is 0 Å². The van der Waals surface area contributed by atoms with Gasteiger partial charge < -0.3 is 5.11 Å². The van der Waals surface area contributed by atoms with E-state index in [0.717, 1.165) is 30.1 Å². The Hall–Kier alpha value is -0.110. The highest BCUT2D eigenvalue weighted by molar-refractivity contribution is 7.80. The number of rotatable bonds is 1. The summed E-state index contributed by atoms with van der Waals surface area (Å²) in [6, 6.07) is 0. The number of thiocarbonyl (C=S) groups is 1. The van der Waals surface area contributed by atoms with Gasteiger partial charge in [0.15, 0.2) is 5.05 Å². The minimum atomic E-state index is 0.296. The first-order valence-corrected chi connectivity index (χ1v) is 10.1. The number of aliphatic hydroxyl groups excluding tert-OH is 1. The Bertz CT molecular complexity index is 474. The van der Waals surface area contributed by atoms with Crippen LogP contribution in [0.5, 0.6) is 0 Å². The molecule has 7 atom stereocenters. The predicted octanol–water partition coefficient (Wildman–Crippen LogP) is 5.92. The van der Waals surface area contributed by atoms with Gasteiger partial charge in [0, 0.05) is 5.92 Å². The number of hydrogen-bond donors (Lipinski definition) is 1. The number of fused-ring (bicyclic) bond motifs is 5. The summed E-state index contributed by atoms with van der Waals surface area (Å²) < 4.78 is 0. The van der Waals surface area contributed by atoms with Crippen molar-refractivity contribution >= 4 is 17.3 Å². The molecule has 0 aromatic carbocycles. The lowest BCUT2D eigenvalue weighted by molar-refractivity contribution is -0.107. The lowest BCUT2D eigenvalue weighted by Crippen LogP contribution is -2.53. The molecule has 4 aliphatic rings. The van der Waals surface area contributed by atoms with Crippen LogP contribution in [0.1, 0.15) is 78.1 Å². The van der Waals surface area contributed by atoms with Gasteiger partial charge in [-0.1, -0.05) is 26.7 Å². The van der Waals surface area contributed by atoms with Crippen LogP contribution in [0.15, 0.2) is 0 Å². The van der Waals surface area contributed by atoms with Gasteiger partial charge in [-0.25, -0.2) is 0 Å². The van der Waals surface area contributed by atoms with Crippen LogP contribution < -0.4 is 0 Å². The molecule has 0 heterocycles.